The van der Waals surface area contributed by atoms with Crippen LogP contribution < -0.4 is 0 Å². The lowest BCUT2D eigenvalue weighted by Gasteiger charge is -2.37. The van der Waals surface area contributed by atoms with Crippen molar-refractivity contribution in [1.29, 1.82) is 0 Å². The molecular weight excluding hydrogens is 747 g/mol. The standard InChI is InChI=1S/C56H45N3S/c1-4-36-27-35(2)28-44(29-36)56(3)49-21-13-11-19-45(49)46-25-23-40(34-50(46)56)42-30-41(39-24-26-52-48(33-39)47-20-12-14-22-51(47)60-52)31-43(32-42)55-58-53(37-15-7-5-8-16-37)57-54(59-55)38-17-9-6-10-18-38/h5-26,28,30-36H,4,27,29H2,1-3H3. The maximum absolute atomic E-state index is 5.21. The molecule has 9 aromatic rings. The fourth-order valence-electron chi connectivity index (χ4n) is 10.0. The molecule has 2 heterocycles. The SMILES string of the molecule is CCC1CC(C2(C)c3ccccc3-c3ccc(-c4cc(-c5ccc6sc7ccccc7c6c5)cc(-c5nc(-c6ccccc6)nc(-c6ccccc6)n5)c4)cc32)=CC(C)C1. The number of hydrogen-bond donors (Lipinski definition) is 0. The van der Waals surface area contributed by atoms with Gasteiger partial charge in [0.25, 0.3) is 0 Å². The summed E-state index contributed by atoms with van der Waals surface area (Å²) in [7, 11) is 0. The van der Waals surface area contributed by atoms with E-state index in [2.05, 4.69) is 154 Å². The number of thiophene rings is 1. The monoisotopic (exact) mass is 791 g/mol. The second-order valence-corrected chi connectivity index (χ2v) is 18.0. The van der Waals surface area contributed by atoms with Crippen LogP contribution in [0, 0.1) is 11.8 Å². The third-order valence-corrected chi connectivity index (χ3v) is 14.3. The molecule has 0 amide bonds. The molecule has 290 valence electrons. The minimum absolute atomic E-state index is 0.209. The molecule has 0 saturated heterocycles. The van der Waals surface area contributed by atoms with Crippen molar-refractivity contribution >= 4 is 31.5 Å². The van der Waals surface area contributed by atoms with Crippen molar-refractivity contribution in [3.05, 3.63) is 187 Å². The summed E-state index contributed by atoms with van der Waals surface area (Å²) >= 11 is 1.85. The molecule has 3 nitrogen and oxygen atoms in total. The maximum atomic E-state index is 5.21. The Morgan fingerprint density at radius 3 is 1.80 bits per heavy atom. The van der Waals surface area contributed by atoms with E-state index in [1.165, 1.54) is 66.4 Å². The lowest BCUT2D eigenvalue weighted by atomic mass is 9.66. The fourth-order valence-corrected chi connectivity index (χ4v) is 11.1. The molecule has 0 saturated carbocycles. The van der Waals surface area contributed by atoms with Gasteiger partial charge in [-0.15, -0.1) is 11.3 Å². The second kappa shape index (κ2) is 14.7. The summed E-state index contributed by atoms with van der Waals surface area (Å²) in [6, 6.07) is 59.4. The molecule has 2 aromatic heterocycles. The molecule has 0 N–H and O–H groups in total. The van der Waals surface area contributed by atoms with Gasteiger partial charge in [-0.3, -0.25) is 0 Å². The van der Waals surface area contributed by atoms with Crippen molar-refractivity contribution in [2.24, 2.45) is 11.8 Å². The Hall–Kier alpha value is -6.49. The Labute approximate surface area is 356 Å². The number of nitrogens with zero attached hydrogens (tertiary/aromatic N) is 3. The lowest BCUT2D eigenvalue weighted by molar-refractivity contribution is 0.373. The third kappa shape index (κ3) is 6.21. The van der Waals surface area contributed by atoms with Crippen LogP contribution in [-0.2, 0) is 5.41 Å². The summed E-state index contributed by atoms with van der Waals surface area (Å²) in [6.07, 6.45) is 6.22. The van der Waals surface area contributed by atoms with Gasteiger partial charge in [-0.05, 0) is 119 Å². The number of fused-ring (bicyclic) bond motifs is 6. The number of rotatable bonds is 7. The van der Waals surface area contributed by atoms with E-state index < -0.39 is 0 Å². The smallest absolute Gasteiger partial charge is 0.164 e. The summed E-state index contributed by atoms with van der Waals surface area (Å²) in [5.41, 5.74) is 14.4. The molecule has 0 fully saturated rings. The number of aromatic nitrogens is 3. The minimum atomic E-state index is -0.209. The number of allylic oxidation sites excluding steroid dienone is 2. The van der Waals surface area contributed by atoms with E-state index >= 15 is 0 Å². The van der Waals surface area contributed by atoms with Gasteiger partial charge >= 0.3 is 0 Å². The van der Waals surface area contributed by atoms with Gasteiger partial charge in [-0.2, -0.15) is 0 Å². The third-order valence-electron chi connectivity index (χ3n) is 13.2. The van der Waals surface area contributed by atoms with Gasteiger partial charge in [0, 0.05) is 42.3 Å². The molecular formula is C56H45N3S. The van der Waals surface area contributed by atoms with Crippen LogP contribution in [0.4, 0.5) is 0 Å². The van der Waals surface area contributed by atoms with Crippen LogP contribution in [0.3, 0.4) is 0 Å². The highest BCUT2D eigenvalue weighted by molar-refractivity contribution is 7.25. The topological polar surface area (TPSA) is 38.7 Å². The van der Waals surface area contributed by atoms with Crippen LogP contribution in [0.15, 0.2) is 175 Å². The molecule has 4 heteroatoms. The maximum Gasteiger partial charge on any atom is 0.164 e. The summed E-state index contributed by atoms with van der Waals surface area (Å²) in [6.45, 7) is 7.25. The lowest BCUT2D eigenvalue weighted by Crippen LogP contribution is -2.28. The van der Waals surface area contributed by atoms with E-state index in [0.29, 0.717) is 29.3 Å². The van der Waals surface area contributed by atoms with Crippen molar-refractivity contribution < 1.29 is 0 Å². The molecule has 60 heavy (non-hydrogen) atoms. The first-order chi connectivity index (χ1) is 29.4. The molecule has 2 aliphatic carbocycles. The molecule has 0 aliphatic heterocycles. The Morgan fingerprint density at radius 2 is 1.08 bits per heavy atom. The van der Waals surface area contributed by atoms with Crippen LogP contribution in [0.5, 0.6) is 0 Å². The normalized spacial score (nSPS) is 18.4. The van der Waals surface area contributed by atoms with E-state index in [4.69, 9.17) is 15.0 Å². The first-order valence-electron chi connectivity index (χ1n) is 21.3. The zero-order valence-electron chi connectivity index (χ0n) is 34.2. The van der Waals surface area contributed by atoms with Gasteiger partial charge < -0.3 is 0 Å². The summed E-state index contributed by atoms with van der Waals surface area (Å²) < 4.78 is 2.60. The predicted molar refractivity (Wildman–Crippen MR) is 252 cm³/mol. The summed E-state index contributed by atoms with van der Waals surface area (Å²) in [5.74, 6) is 3.23. The Balaban J connectivity index is 1.13. The predicted octanol–water partition coefficient (Wildman–Crippen LogP) is 15.2. The molecule has 0 spiro atoms. The van der Waals surface area contributed by atoms with Crippen molar-refractivity contribution in [2.75, 3.05) is 0 Å². The van der Waals surface area contributed by atoms with Gasteiger partial charge in [0.15, 0.2) is 17.5 Å². The quantitative estimate of drug-likeness (QED) is 0.151. The van der Waals surface area contributed by atoms with Gasteiger partial charge in [0.2, 0.25) is 0 Å². The zero-order chi connectivity index (χ0) is 40.4. The van der Waals surface area contributed by atoms with Crippen LogP contribution in [-0.4, -0.2) is 15.0 Å². The zero-order valence-corrected chi connectivity index (χ0v) is 35.0. The fraction of sp³-hybridized carbons (Fsp3) is 0.161. The van der Waals surface area contributed by atoms with Gasteiger partial charge in [0.05, 0.1) is 0 Å². The summed E-state index contributed by atoms with van der Waals surface area (Å²) in [4.78, 5) is 15.5. The highest BCUT2D eigenvalue weighted by atomic mass is 32.1. The minimum Gasteiger partial charge on any atom is -0.208 e. The average Bonchev–Trinajstić information content (AvgIpc) is 3.81. The molecule has 11 rings (SSSR count). The molecule has 7 aromatic carbocycles. The van der Waals surface area contributed by atoms with E-state index in [-0.39, 0.29) is 5.41 Å². The van der Waals surface area contributed by atoms with E-state index in [0.717, 1.165) is 34.2 Å². The average molecular weight is 792 g/mol. The Bertz CT molecular complexity index is 3070. The number of hydrogen-bond acceptors (Lipinski definition) is 4. The summed E-state index contributed by atoms with van der Waals surface area (Å²) in [5, 5.41) is 2.58. The van der Waals surface area contributed by atoms with Gasteiger partial charge in [-0.25, -0.2) is 15.0 Å². The Morgan fingerprint density at radius 1 is 0.517 bits per heavy atom. The van der Waals surface area contributed by atoms with Crippen LogP contribution in [0.1, 0.15) is 51.2 Å². The van der Waals surface area contributed by atoms with Crippen molar-refractivity contribution in [2.45, 2.75) is 45.4 Å². The van der Waals surface area contributed by atoms with Crippen LogP contribution >= 0.6 is 11.3 Å². The first kappa shape index (κ1) is 36.6. The van der Waals surface area contributed by atoms with Crippen molar-refractivity contribution in [3.8, 4) is 67.5 Å². The highest BCUT2D eigenvalue weighted by Crippen LogP contribution is 2.56. The number of benzene rings is 7. The molecule has 2 aliphatic rings. The van der Waals surface area contributed by atoms with E-state index in [1.807, 2.05) is 47.7 Å². The molecule has 0 bridgehead atoms. The van der Waals surface area contributed by atoms with Crippen molar-refractivity contribution in [1.82, 2.24) is 15.0 Å². The van der Waals surface area contributed by atoms with Gasteiger partial charge in [-0.1, -0.05) is 153 Å². The van der Waals surface area contributed by atoms with Crippen molar-refractivity contribution in [3.63, 3.8) is 0 Å². The van der Waals surface area contributed by atoms with E-state index in [9.17, 15) is 0 Å². The Kier molecular flexibility index (Phi) is 8.93. The molecule has 0 radical (unpaired) electrons. The largest absolute Gasteiger partial charge is 0.208 e. The van der Waals surface area contributed by atoms with Gasteiger partial charge in [0.1, 0.15) is 0 Å². The van der Waals surface area contributed by atoms with Crippen LogP contribution in [0.2, 0.25) is 0 Å². The molecule has 3 atom stereocenters. The highest BCUT2D eigenvalue weighted by Gasteiger charge is 2.43. The van der Waals surface area contributed by atoms with E-state index in [1.54, 1.807) is 5.57 Å². The molecule has 3 unspecified atom stereocenters. The van der Waals surface area contributed by atoms with Crippen LogP contribution in [0.25, 0.3) is 87.7 Å². The first-order valence-corrected chi connectivity index (χ1v) is 22.1. The second-order valence-electron chi connectivity index (χ2n) is 17.0.